The second kappa shape index (κ2) is 4.80. The highest BCUT2D eigenvalue weighted by atomic mass is 14.6. The van der Waals surface area contributed by atoms with Gasteiger partial charge in [-0.05, 0) is 48.9 Å². The van der Waals surface area contributed by atoms with Gasteiger partial charge < -0.3 is 5.73 Å². The Morgan fingerprint density at radius 2 is 1.60 bits per heavy atom. The Kier molecular flexibility index (Phi) is 3.92. The van der Waals surface area contributed by atoms with E-state index in [9.17, 15) is 0 Å². The first-order valence-corrected chi connectivity index (χ1v) is 5.80. The van der Waals surface area contributed by atoms with Crippen LogP contribution in [-0.2, 0) is 0 Å². The summed E-state index contributed by atoms with van der Waals surface area (Å²) in [6.07, 6.45) is 1.13. The molecule has 0 aliphatic carbocycles. The average Bonchev–Trinajstić information content (AvgIpc) is 2.21. The Bertz CT molecular complexity index is 341. The summed E-state index contributed by atoms with van der Waals surface area (Å²) in [5, 5.41) is 0. The van der Waals surface area contributed by atoms with E-state index in [4.69, 9.17) is 5.73 Å². The van der Waals surface area contributed by atoms with Crippen molar-refractivity contribution in [3.63, 3.8) is 0 Å². The fourth-order valence-electron chi connectivity index (χ4n) is 1.90. The number of nitrogens with two attached hydrogens (primary N) is 1. The van der Waals surface area contributed by atoms with E-state index < -0.39 is 0 Å². The van der Waals surface area contributed by atoms with E-state index in [1.807, 2.05) is 0 Å². The van der Waals surface area contributed by atoms with E-state index in [0.29, 0.717) is 5.92 Å². The summed E-state index contributed by atoms with van der Waals surface area (Å²) >= 11 is 0. The second-order valence-corrected chi connectivity index (χ2v) is 4.70. The molecule has 84 valence electrons. The Labute approximate surface area is 93.7 Å². The van der Waals surface area contributed by atoms with Crippen molar-refractivity contribution >= 4 is 0 Å². The molecule has 2 N–H and O–H groups in total. The highest BCUT2D eigenvalue weighted by Gasteiger charge is 2.15. The van der Waals surface area contributed by atoms with Gasteiger partial charge in [-0.25, -0.2) is 0 Å². The summed E-state index contributed by atoms with van der Waals surface area (Å²) in [4.78, 5) is 0. The van der Waals surface area contributed by atoms with Crippen molar-refractivity contribution in [2.75, 3.05) is 0 Å². The largest absolute Gasteiger partial charge is 0.324 e. The third-order valence-corrected chi connectivity index (χ3v) is 3.50. The third-order valence-electron chi connectivity index (χ3n) is 3.50. The molecule has 1 aromatic carbocycles. The van der Waals surface area contributed by atoms with Crippen LogP contribution in [0.2, 0.25) is 0 Å². The summed E-state index contributed by atoms with van der Waals surface area (Å²) in [6, 6.07) is 4.67. The fourth-order valence-corrected chi connectivity index (χ4v) is 1.90. The Morgan fingerprint density at radius 1 is 1.07 bits per heavy atom. The molecule has 1 heteroatoms. The minimum absolute atomic E-state index is 0.175. The van der Waals surface area contributed by atoms with E-state index in [2.05, 4.69) is 46.8 Å². The normalized spacial score (nSPS) is 15.1. The number of benzene rings is 1. The van der Waals surface area contributed by atoms with Crippen LogP contribution in [0.4, 0.5) is 0 Å². The van der Waals surface area contributed by atoms with Crippen LogP contribution in [0, 0.1) is 26.7 Å². The predicted octanol–water partition coefficient (Wildman–Crippen LogP) is 3.66. The van der Waals surface area contributed by atoms with Crippen molar-refractivity contribution in [3.8, 4) is 0 Å². The number of rotatable bonds is 3. The topological polar surface area (TPSA) is 26.0 Å². The number of aryl methyl sites for hydroxylation is 3. The van der Waals surface area contributed by atoms with Gasteiger partial charge in [-0.1, -0.05) is 32.4 Å². The molecule has 1 rings (SSSR count). The molecule has 2 atom stereocenters. The molecule has 0 amide bonds. The Hall–Kier alpha value is -0.820. The molecule has 0 heterocycles. The highest BCUT2D eigenvalue weighted by Crippen LogP contribution is 2.26. The monoisotopic (exact) mass is 205 g/mol. The molecule has 0 spiro atoms. The lowest BCUT2D eigenvalue weighted by atomic mass is 9.88. The Balaban J connectivity index is 3.09. The van der Waals surface area contributed by atoms with E-state index in [1.54, 1.807) is 0 Å². The summed E-state index contributed by atoms with van der Waals surface area (Å²) < 4.78 is 0. The van der Waals surface area contributed by atoms with E-state index in [1.165, 1.54) is 22.3 Å². The van der Waals surface area contributed by atoms with Crippen molar-refractivity contribution in [3.05, 3.63) is 34.4 Å². The van der Waals surface area contributed by atoms with Crippen LogP contribution in [0.5, 0.6) is 0 Å². The first kappa shape index (κ1) is 12.3. The van der Waals surface area contributed by atoms with Crippen LogP contribution >= 0.6 is 0 Å². The molecular weight excluding hydrogens is 182 g/mol. The zero-order chi connectivity index (χ0) is 11.6. The minimum Gasteiger partial charge on any atom is -0.324 e. The molecule has 0 bridgehead atoms. The van der Waals surface area contributed by atoms with Crippen LogP contribution < -0.4 is 5.73 Å². The first-order valence-electron chi connectivity index (χ1n) is 5.80. The number of hydrogen-bond donors (Lipinski definition) is 1. The molecule has 1 nitrogen and oxygen atoms in total. The van der Waals surface area contributed by atoms with Gasteiger partial charge in [-0.3, -0.25) is 0 Å². The van der Waals surface area contributed by atoms with E-state index >= 15 is 0 Å². The highest BCUT2D eigenvalue weighted by molar-refractivity contribution is 5.38. The SMILES string of the molecule is CCC(C)C(N)c1cc(C)c(C)cc1C. The molecule has 15 heavy (non-hydrogen) atoms. The molecular formula is C14H23N. The van der Waals surface area contributed by atoms with Crippen LogP contribution in [0.15, 0.2) is 12.1 Å². The van der Waals surface area contributed by atoms with Crippen LogP contribution in [0.25, 0.3) is 0 Å². The van der Waals surface area contributed by atoms with Crippen LogP contribution in [0.1, 0.15) is 48.6 Å². The van der Waals surface area contributed by atoms with Crippen molar-refractivity contribution in [1.29, 1.82) is 0 Å². The van der Waals surface area contributed by atoms with Gasteiger partial charge in [0, 0.05) is 6.04 Å². The van der Waals surface area contributed by atoms with Gasteiger partial charge >= 0.3 is 0 Å². The van der Waals surface area contributed by atoms with E-state index in [-0.39, 0.29) is 6.04 Å². The quantitative estimate of drug-likeness (QED) is 0.800. The van der Waals surface area contributed by atoms with Gasteiger partial charge in [-0.2, -0.15) is 0 Å². The van der Waals surface area contributed by atoms with Gasteiger partial charge in [0.15, 0.2) is 0 Å². The van der Waals surface area contributed by atoms with Crippen LogP contribution in [0.3, 0.4) is 0 Å². The predicted molar refractivity (Wildman–Crippen MR) is 67.0 cm³/mol. The van der Waals surface area contributed by atoms with Gasteiger partial charge in [-0.15, -0.1) is 0 Å². The molecule has 0 fully saturated rings. The van der Waals surface area contributed by atoms with Crippen molar-refractivity contribution in [1.82, 2.24) is 0 Å². The summed E-state index contributed by atoms with van der Waals surface area (Å²) in [6.45, 7) is 10.9. The van der Waals surface area contributed by atoms with Gasteiger partial charge in [0.05, 0.1) is 0 Å². The lowest BCUT2D eigenvalue weighted by Gasteiger charge is -2.22. The molecule has 0 aliphatic rings. The maximum absolute atomic E-state index is 6.27. The molecule has 2 unspecified atom stereocenters. The van der Waals surface area contributed by atoms with Crippen molar-refractivity contribution in [2.24, 2.45) is 11.7 Å². The number of hydrogen-bond acceptors (Lipinski definition) is 1. The lowest BCUT2D eigenvalue weighted by molar-refractivity contribution is 0.455. The summed E-state index contributed by atoms with van der Waals surface area (Å²) in [7, 11) is 0. The van der Waals surface area contributed by atoms with E-state index in [0.717, 1.165) is 6.42 Å². The maximum atomic E-state index is 6.27. The smallest absolute Gasteiger partial charge is 0.0323 e. The van der Waals surface area contributed by atoms with Gasteiger partial charge in [0.2, 0.25) is 0 Å². The maximum Gasteiger partial charge on any atom is 0.0323 e. The first-order chi connectivity index (χ1) is 6.97. The zero-order valence-electron chi connectivity index (χ0n) is 10.6. The molecule has 0 radical (unpaired) electrons. The third kappa shape index (κ3) is 2.60. The van der Waals surface area contributed by atoms with Gasteiger partial charge in [0.25, 0.3) is 0 Å². The second-order valence-electron chi connectivity index (χ2n) is 4.70. The van der Waals surface area contributed by atoms with Crippen molar-refractivity contribution < 1.29 is 0 Å². The molecule has 0 aliphatic heterocycles. The van der Waals surface area contributed by atoms with Crippen molar-refractivity contribution in [2.45, 2.75) is 47.1 Å². The average molecular weight is 205 g/mol. The van der Waals surface area contributed by atoms with Crippen LogP contribution in [-0.4, -0.2) is 0 Å². The molecule has 0 saturated heterocycles. The lowest BCUT2D eigenvalue weighted by Crippen LogP contribution is -2.19. The zero-order valence-corrected chi connectivity index (χ0v) is 10.6. The van der Waals surface area contributed by atoms with Gasteiger partial charge in [0.1, 0.15) is 0 Å². The Morgan fingerprint density at radius 3 is 2.13 bits per heavy atom. The minimum atomic E-state index is 0.175. The standard InChI is InChI=1S/C14H23N/c1-6-9(2)14(15)13-8-11(4)10(3)7-12(13)5/h7-9,14H,6,15H2,1-5H3. The molecule has 0 aromatic heterocycles. The fraction of sp³-hybridized carbons (Fsp3) is 0.571. The summed E-state index contributed by atoms with van der Waals surface area (Å²) in [5.41, 5.74) is 11.6. The summed E-state index contributed by atoms with van der Waals surface area (Å²) in [5.74, 6) is 0.547. The molecule has 0 saturated carbocycles. The molecule has 1 aromatic rings.